The van der Waals surface area contributed by atoms with E-state index in [4.69, 9.17) is 14.6 Å². The van der Waals surface area contributed by atoms with E-state index in [9.17, 15) is 18.0 Å². The van der Waals surface area contributed by atoms with Gasteiger partial charge in [0.15, 0.2) is 11.5 Å². The van der Waals surface area contributed by atoms with E-state index in [1.165, 1.54) is 14.2 Å². The zero-order chi connectivity index (χ0) is 13.9. The van der Waals surface area contributed by atoms with E-state index < -0.39 is 23.2 Å². The lowest BCUT2D eigenvalue weighted by Crippen LogP contribution is -2.04. The van der Waals surface area contributed by atoms with Crippen LogP contribution in [0.25, 0.3) is 0 Å². The molecule has 18 heavy (non-hydrogen) atoms. The van der Waals surface area contributed by atoms with Crippen molar-refractivity contribution in [1.82, 2.24) is 0 Å². The largest absolute Gasteiger partial charge is 0.493 e. The molecule has 1 N–H and O–H groups in total. The standard InChI is InChI=1S/C10H9F3O4S/c1-16-6-3-5(9(14)15)4-7(8(6)17-2)18-10(11,12)13/h3-4H,1-2H3,(H,14,15). The molecule has 1 aromatic carbocycles. The average molecular weight is 282 g/mol. The molecular formula is C10H9F3O4S. The first-order valence-corrected chi connectivity index (χ1v) is 5.35. The summed E-state index contributed by atoms with van der Waals surface area (Å²) in [5.74, 6) is -1.56. The zero-order valence-corrected chi connectivity index (χ0v) is 10.2. The van der Waals surface area contributed by atoms with Crippen molar-refractivity contribution in [3.63, 3.8) is 0 Å². The molecule has 0 bridgehead atoms. The second-order valence-corrected chi connectivity index (χ2v) is 4.17. The maximum Gasteiger partial charge on any atom is 0.446 e. The van der Waals surface area contributed by atoms with Crippen molar-refractivity contribution in [1.29, 1.82) is 0 Å². The highest BCUT2D eigenvalue weighted by molar-refractivity contribution is 8.00. The van der Waals surface area contributed by atoms with Gasteiger partial charge in [0.2, 0.25) is 0 Å². The molecule has 0 unspecified atom stereocenters. The first kappa shape index (κ1) is 14.5. The molecule has 0 saturated carbocycles. The van der Waals surface area contributed by atoms with Gasteiger partial charge in [0.1, 0.15) is 0 Å². The third-order valence-electron chi connectivity index (χ3n) is 1.92. The number of methoxy groups -OCH3 is 2. The van der Waals surface area contributed by atoms with Crippen LogP contribution in [0.5, 0.6) is 11.5 Å². The number of thioether (sulfide) groups is 1. The summed E-state index contributed by atoms with van der Waals surface area (Å²) >= 11 is -0.455. The lowest BCUT2D eigenvalue weighted by atomic mass is 10.2. The fourth-order valence-electron chi connectivity index (χ4n) is 1.25. The van der Waals surface area contributed by atoms with Crippen LogP contribution in [0.1, 0.15) is 10.4 Å². The summed E-state index contributed by atoms with van der Waals surface area (Å²) in [6.07, 6.45) is 0. The Kier molecular flexibility index (Phi) is 4.33. The predicted molar refractivity (Wildman–Crippen MR) is 58.4 cm³/mol. The Labute approximate surface area is 105 Å². The molecular weight excluding hydrogens is 273 g/mol. The van der Waals surface area contributed by atoms with Crippen molar-refractivity contribution in [2.45, 2.75) is 10.4 Å². The molecule has 0 aliphatic rings. The van der Waals surface area contributed by atoms with Gasteiger partial charge >= 0.3 is 11.5 Å². The number of alkyl halides is 3. The first-order chi connectivity index (χ1) is 8.28. The Balaban J connectivity index is 3.35. The molecule has 1 rings (SSSR count). The summed E-state index contributed by atoms with van der Waals surface area (Å²) < 4.78 is 46.7. The average Bonchev–Trinajstić information content (AvgIpc) is 2.25. The van der Waals surface area contributed by atoms with Gasteiger partial charge in [0.05, 0.1) is 24.7 Å². The highest BCUT2D eigenvalue weighted by Crippen LogP contribution is 2.45. The van der Waals surface area contributed by atoms with Crippen LogP contribution in [0, 0.1) is 0 Å². The maximum absolute atomic E-state index is 12.3. The number of benzene rings is 1. The second-order valence-electron chi connectivity index (χ2n) is 3.06. The number of ether oxygens (including phenoxy) is 2. The van der Waals surface area contributed by atoms with Crippen LogP contribution in [0.2, 0.25) is 0 Å². The van der Waals surface area contributed by atoms with Crippen molar-refractivity contribution >= 4 is 17.7 Å². The number of aromatic carboxylic acids is 1. The molecule has 0 atom stereocenters. The molecule has 0 radical (unpaired) electrons. The molecule has 0 aliphatic heterocycles. The molecule has 0 aromatic heterocycles. The first-order valence-electron chi connectivity index (χ1n) is 4.53. The third kappa shape index (κ3) is 3.46. The fraction of sp³-hybridized carbons (Fsp3) is 0.300. The van der Waals surface area contributed by atoms with E-state index in [2.05, 4.69) is 0 Å². The van der Waals surface area contributed by atoms with Crippen LogP contribution in [0.3, 0.4) is 0 Å². The minimum absolute atomic E-state index is 0.0656. The molecule has 0 heterocycles. The summed E-state index contributed by atoms with van der Waals surface area (Å²) in [7, 11) is 2.39. The molecule has 1 aromatic rings. The second kappa shape index (κ2) is 5.38. The Morgan fingerprint density at radius 3 is 2.28 bits per heavy atom. The Morgan fingerprint density at radius 1 is 1.28 bits per heavy atom. The quantitative estimate of drug-likeness (QED) is 0.860. The summed E-state index contributed by atoms with van der Waals surface area (Å²) in [5.41, 5.74) is -4.85. The van der Waals surface area contributed by atoms with Crippen LogP contribution >= 0.6 is 11.8 Å². The number of carboxylic acids is 1. The predicted octanol–water partition coefficient (Wildman–Crippen LogP) is 3.01. The van der Waals surface area contributed by atoms with Gasteiger partial charge in [-0.05, 0) is 23.9 Å². The molecule has 0 aliphatic carbocycles. The fourth-order valence-corrected chi connectivity index (χ4v) is 1.97. The monoisotopic (exact) mass is 282 g/mol. The van der Waals surface area contributed by atoms with Crippen LogP contribution < -0.4 is 9.47 Å². The van der Waals surface area contributed by atoms with E-state index in [1.807, 2.05) is 0 Å². The SMILES string of the molecule is COc1cc(C(=O)O)cc(SC(F)(F)F)c1OC. The van der Waals surface area contributed by atoms with E-state index >= 15 is 0 Å². The highest BCUT2D eigenvalue weighted by Gasteiger charge is 2.32. The van der Waals surface area contributed by atoms with Gasteiger partial charge < -0.3 is 14.6 Å². The van der Waals surface area contributed by atoms with E-state index in [-0.39, 0.29) is 22.0 Å². The number of hydrogen-bond acceptors (Lipinski definition) is 4. The van der Waals surface area contributed by atoms with Crippen molar-refractivity contribution in [3.05, 3.63) is 17.7 Å². The topological polar surface area (TPSA) is 55.8 Å². The normalized spacial score (nSPS) is 11.2. The van der Waals surface area contributed by atoms with Gasteiger partial charge in [0.25, 0.3) is 0 Å². The highest BCUT2D eigenvalue weighted by atomic mass is 32.2. The molecule has 0 fully saturated rings. The summed E-state index contributed by atoms with van der Waals surface area (Å²) in [6.45, 7) is 0. The molecule has 4 nitrogen and oxygen atoms in total. The lowest BCUT2D eigenvalue weighted by molar-refractivity contribution is -0.0329. The molecule has 8 heteroatoms. The van der Waals surface area contributed by atoms with Crippen molar-refractivity contribution in [2.24, 2.45) is 0 Å². The van der Waals surface area contributed by atoms with Crippen molar-refractivity contribution in [3.8, 4) is 11.5 Å². The van der Waals surface area contributed by atoms with Gasteiger partial charge in [-0.1, -0.05) is 0 Å². The molecule has 0 spiro atoms. The van der Waals surface area contributed by atoms with Gasteiger partial charge in [-0.2, -0.15) is 13.2 Å². The molecule has 0 amide bonds. The minimum atomic E-state index is -4.55. The Morgan fingerprint density at radius 2 is 1.89 bits per heavy atom. The Bertz CT molecular complexity index is 459. The van der Waals surface area contributed by atoms with Gasteiger partial charge in [-0.3, -0.25) is 0 Å². The van der Waals surface area contributed by atoms with Crippen LogP contribution in [-0.4, -0.2) is 30.8 Å². The summed E-state index contributed by atoms with van der Waals surface area (Å²) in [4.78, 5) is 10.4. The van der Waals surface area contributed by atoms with Gasteiger partial charge in [-0.15, -0.1) is 0 Å². The van der Waals surface area contributed by atoms with Crippen molar-refractivity contribution in [2.75, 3.05) is 14.2 Å². The maximum atomic E-state index is 12.3. The number of carboxylic acid groups (broad SMARTS) is 1. The van der Waals surface area contributed by atoms with Crippen LogP contribution in [-0.2, 0) is 0 Å². The van der Waals surface area contributed by atoms with Crippen LogP contribution in [0.15, 0.2) is 17.0 Å². The van der Waals surface area contributed by atoms with Crippen molar-refractivity contribution < 1.29 is 32.5 Å². The third-order valence-corrected chi connectivity index (χ3v) is 2.67. The van der Waals surface area contributed by atoms with E-state index in [0.29, 0.717) is 0 Å². The lowest BCUT2D eigenvalue weighted by Gasteiger charge is -2.14. The smallest absolute Gasteiger partial charge is 0.446 e. The number of rotatable bonds is 4. The van der Waals surface area contributed by atoms with E-state index in [1.54, 1.807) is 0 Å². The number of carbonyl (C=O) groups is 1. The molecule has 100 valence electrons. The van der Waals surface area contributed by atoms with E-state index in [0.717, 1.165) is 12.1 Å². The molecule has 0 saturated heterocycles. The summed E-state index contributed by atoms with van der Waals surface area (Å²) in [6, 6.07) is 1.99. The van der Waals surface area contributed by atoms with Crippen LogP contribution in [0.4, 0.5) is 13.2 Å². The minimum Gasteiger partial charge on any atom is -0.493 e. The van der Waals surface area contributed by atoms with Gasteiger partial charge in [0, 0.05) is 0 Å². The summed E-state index contributed by atoms with van der Waals surface area (Å²) in [5, 5.41) is 8.80. The number of hydrogen-bond donors (Lipinski definition) is 1. The van der Waals surface area contributed by atoms with Gasteiger partial charge in [-0.25, -0.2) is 4.79 Å². The Hall–Kier alpha value is -1.57. The number of halogens is 3. The zero-order valence-electron chi connectivity index (χ0n) is 9.37.